The molecule has 582 valence electrons. The third-order valence-electron chi connectivity index (χ3n) is 24.2. The van der Waals surface area contributed by atoms with Crippen molar-refractivity contribution < 1.29 is 41.8 Å². The van der Waals surface area contributed by atoms with Gasteiger partial charge < -0.3 is 54.5 Å². The summed E-state index contributed by atoms with van der Waals surface area (Å²) in [6.07, 6.45) is 17.7. The van der Waals surface area contributed by atoms with E-state index >= 15 is 0 Å². The van der Waals surface area contributed by atoms with Gasteiger partial charge in [0.05, 0.1) is 50.3 Å². The largest absolute Gasteiger partial charge is 0.457 e. The lowest BCUT2D eigenvalue weighted by molar-refractivity contribution is 0.0284. The van der Waals surface area contributed by atoms with Crippen LogP contribution in [0.15, 0.2) is 214 Å². The van der Waals surface area contributed by atoms with Crippen LogP contribution in [0.1, 0.15) is 163 Å². The van der Waals surface area contributed by atoms with Crippen molar-refractivity contribution in [3.8, 4) is 0 Å². The number of hydrogen-bond acceptors (Lipinski definition) is 16. The van der Waals surface area contributed by atoms with Crippen molar-refractivity contribution in [3.05, 3.63) is 284 Å². The number of fused-ring (bicyclic) bond motifs is 4. The summed E-state index contributed by atoms with van der Waals surface area (Å²) in [6.45, 7) is 12.0. The fourth-order valence-corrected chi connectivity index (χ4v) is 18.5. The lowest BCUT2D eigenvalue weighted by Crippen LogP contribution is -2.50. The Kier molecular flexibility index (Phi) is 23.2. The summed E-state index contributed by atoms with van der Waals surface area (Å²) in [7, 11) is 0. The van der Waals surface area contributed by atoms with Crippen molar-refractivity contribution in [2.75, 3.05) is 97.9 Å². The van der Waals surface area contributed by atoms with Crippen LogP contribution in [0.2, 0.25) is 0 Å². The summed E-state index contributed by atoms with van der Waals surface area (Å²) in [5, 5.41) is 10.3. The molecular weight excluding hydrogens is 1430 g/mol. The van der Waals surface area contributed by atoms with Gasteiger partial charge in [0.25, 0.3) is 24.1 Å². The van der Waals surface area contributed by atoms with E-state index in [0.29, 0.717) is 19.6 Å². The Morgan fingerprint density at radius 2 is 0.568 bits per heavy atom. The van der Waals surface area contributed by atoms with Crippen LogP contribution in [0.5, 0.6) is 0 Å². The summed E-state index contributed by atoms with van der Waals surface area (Å²) in [5.41, 5.74) is 14.0. The standard InChI is InChI=1S/C23H25FN2O.3C22H24FN3O.CH3FS.H2/c24-19-10-8-18(9-11-19)21-20-7-3-2-6-17(20)12-15-26(21)22-25-16-23(27-22)13-4-1-5-14-23;3*23-18-8-6-17(7-9-18)20-19-5-2-1-4-16(19)10-13-26(20)21-25-15-22(27-21)11-3-12-24-14-22;1-3-2;/h2-3,6-11,21H,1,4-5,12-16H2;3*1-2,4-9,20,24H,3,10-15H2;1H3;1H/t21-;20-,22?;20-,22+;20-,22-;;/m0000../s1. The fraction of sp³-hybridized carbons (Fsp3) is 0.422. The number of piperidine rings is 3. The van der Waals surface area contributed by atoms with Gasteiger partial charge in [-0.2, -0.15) is 3.89 Å². The number of aliphatic imine (C=N–C) groups is 4. The maximum Gasteiger partial charge on any atom is 0.288 e. The van der Waals surface area contributed by atoms with E-state index in [1.54, 1.807) is 12.1 Å². The first-order valence-electron chi connectivity index (χ1n) is 40.0. The van der Waals surface area contributed by atoms with Crippen molar-refractivity contribution in [2.24, 2.45) is 20.0 Å². The molecule has 12 aliphatic rings. The van der Waals surface area contributed by atoms with E-state index < -0.39 is 0 Å². The molecule has 4 fully saturated rings. The molecule has 0 radical (unpaired) electrons. The summed E-state index contributed by atoms with van der Waals surface area (Å²) in [5.74, 6) is -0.840. The zero-order valence-corrected chi connectivity index (χ0v) is 64.1. The molecule has 11 aliphatic heterocycles. The molecule has 4 spiro atoms. The van der Waals surface area contributed by atoms with Crippen molar-refractivity contribution in [2.45, 2.75) is 143 Å². The van der Waals surface area contributed by atoms with Gasteiger partial charge in [-0.05, 0) is 225 Å². The predicted octanol–water partition coefficient (Wildman–Crippen LogP) is 16.2. The number of nitrogens with zero attached hydrogens (tertiary/aromatic N) is 8. The first-order chi connectivity index (χ1) is 54.4. The molecule has 1 saturated carbocycles. The first kappa shape index (κ1) is 75.7. The Balaban J connectivity index is 0.000000116. The van der Waals surface area contributed by atoms with Gasteiger partial charge in [0.15, 0.2) is 0 Å². The van der Waals surface area contributed by atoms with Crippen LogP contribution < -0.4 is 16.0 Å². The van der Waals surface area contributed by atoms with Gasteiger partial charge in [-0.1, -0.05) is 152 Å². The molecule has 0 bridgehead atoms. The van der Waals surface area contributed by atoms with Crippen LogP contribution in [0.3, 0.4) is 0 Å². The maximum absolute atomic E-state index is 13.5. The number of hydrogen-bond donors (Lipinski definition) is 3. The minimum Gasteiger partial charge on any atom is -0.457 e. The first-order valence-corrected chi connectivity index (χ1v) is 41.1. The number of benzene rings is 8. The van der Waals surface area contributed by atoms with Crippen molar-refractivity contribution in [3.63, 3.8) is 0 Å². The zero-order chi connectivity index (χ0) is 75.8. The highest BCUT2D eigenvalue weighted by molar-refractivity contribution is 7.93. The fourth-order valence-electron chi connectivity index (χ4n) is 18.5. The molecule has 15 nitrogen and oxygen atoms in total. The SMILES string of the molecule is CSF.Fc1ccc([C@H]2c3ccccc3CCN2C2=NCC3(CCCCC3)O2)cc1.Fc1ccc([C@H]2c3ccccc3CCN2C2=NCC3(CCCNC3)O2)cc1.Fc1ccc([C@H]2c3ccccc3CCN2C2=NC[C@@]3(CCCNC3)O2)cc1.Fc1ccc([C@H]2c3ccccc3CCN2C2=NC[C@]3(CCCNC3)O2)cc1.[HH]. The van der Waals surface area contributed by atoms with Gasteiger partial charge in [0, 0.05) is 65.6 Å². The Hall–Kier alpha value is -9.28. The number of rotatable bonds is 4. The topological polar surface area (TPSA) is 135 Å². The quantitative estimate of drug-likeness (QED) is 0.145. The molecule has 20 rings (SSSR count). The number of ether oxygens (including phenoxy) is 4. The summed E-state index contributed by atoms with van der Waals surface area (Å²) < 4.78 is 90.2. The van der Waals surface area contributed by atoms with Gasteiger partial charge in [0.2, 0.25) is 0 Å². The second-order valence-corrected chi connectivity index (χ2v) is 31.8. The number of amidine groups is 4. The van der Waals surface area contributed by atoms with E-state index in [9.17, 15) is 21.4 Å². The molecular formula is C90H102F5N11O4S. The van der Waals surface area contributed by atoms with Crippen LogP contribution in [-0.4, -0.2) is 164 Å². The van der Waals surface area contributed by atoms with Crippen molar-refractivity contribution >= 4 is 36.2 Å². The molecule has 11 heterocycles. The molecule has 0 aromatic heterocycles. The Morgan fingerprint density at radius 3 is 0.820 bits per heavy atom. The van der Waals surface area contributed by atoms with Gasteiger partial charge in [-0.15, -0.1) is 0 Å². The highest BCUT2D eigenvalue weighted by Gasteiger charge is 2.48. The zero-order valence-electron chi connectivity index (χ0n) is 63.3. The molecule has 8 aromatic carbocycles. The van der Waals surface area contributed by atoms with Crippen LogP contribution in [-0.2, 0) is 44.6 Å². The molecule has 111 heavy (non-hydrogen) atoms. The van der Waals surface area contributed by atoms with Gasteiger partial charge in [-0.3, -0.25) is 0 Å². The van der Waals surface area contributed by atoms with E-state index in [0.717, 1.165) is 195 Å². The second kappa shape index (κ2) is 34.0. The van der Waals surface area contributed by atoms with Crippen molar-refractivity contribution in [1.29, 1.82) is 0 Å². The van der Waals surface area contributed by atoms with E-state index in [1.165, 1.54) is 106 Å². The monoisotopic (exact) mass is 1530 g/mol. The number of halogens is 5. The lowest BCUT2D eigenvalue weighted by Gasteiger charge is -2.40. The predicted molar refractivity (Wildman–Crippen MR) is 431 cm³/mol. The van der Waals surface area contributed by atoms with E-state index in [4.69, 9.17) is 38.9 Å². The highest BCUT2D eigenvalue weighted by Crippen LogP contribution is 2.45. The van der Waals surface area contributed by atoms with Crippen LogP contribution in [0.25, 0.3) is 0 Å². The lowest BCUT2D eigenvalue weighted by atomic mass is 9.85. The summed E-state index contributed by atoms with van der Waals surface area (Å²) in [4.78, 5) is 28.4. The Morgan fingerprint density at radius 1 is 0.333 bits per heavy atom. The average molecular weight is 1530 g/mol. The van der Waals surface area contributed by atoms with Crippen LogP contribution in [0, 0.1) is 23.3 Å². The minimum atomic E-state index is -0.212. The molecule has 3 N–H and O–H groups in total. The molecule has 8 aromatic rings. The van der Waals surface area contributed by atoms with Crippen LogP contribution >= 0.6 is 12.1 Å². The molecule has 0 amide bonds. The van der Waals surface area contributed by atoms with Crippen molar-refractivity contribution in [1.82, 2.24) is 35.6 Å². The molecule has 3 saturated heterocycles. The van der Waals surface area contributed by atoms with E-state index in [-0.39, 0.29) is 83.4 Å². The second-order valence-electron chi connectivity index (χ2n) is 31.5. The van der Waals surface area contributed by atoms with E-state index in [1.807, 2.05) is 48.5 Å². The third-order valence-corrected chi connectivity index (χ3v) is 24.2. The minimum absolute atomic E-state index is 0. The maximum atomic E-state index is 13.5. The summed E-state index contributed by atoms with van der Waals surface area (Å²) >= 11 is 0.250. The number of nitrogens with one attached hydrogen (secondary N) is 3. The van der Waals surface area contributed by atoms with Gasteiger partial charge in [0.1, 0.15) is 45.7 Å². The normalized spacial score (nSPS) is 25.8. The average Bonchev–Trinajstić information content (AvgIpc) is 1.39. The smallest absolute Gasteiger partial charge is 0.288 e. The molecule has 1 unspecified atom stereocenters. The van der Waals surface area contributed by atoms with Gasteiger partial charge in [-0.25, -0.2) is 37.5 Å². The van der Waals surface area contributed by atoms with E-state index in [2.05, 4.69) is 133 Å². The third kappa shape index (κ3) is 16.7. The Labute approximate surface area is 655 Å². The molecule has 21 heteroatoms. The Bertz CT molecular complexity index is 4050. The highest BCUT2D eigenvalue weighted by atomic mass is 32.2. The summed E-state index contributed by atoms with van der Waals surface area (Å²) in [6, 6.07) is 64.5. The molecule has 1 aliphatic carbocycles. The van der Waals surface area contributed by atoms with Gasteiger partial charge >= 0.3 is 0 Å². The van der Waals surface area contributed by atoms with Crippen LogP contribution in [0.4, 0.5) is 21.4 Å². The molecule has 7 atom stereocenters.